The highest BCUT2D eigenvalue weighted by atomic mass is 19.1. The molecular weight excluding hydrogens is 293 g/mol. The van der Waals surface area contributed by atoms with Crippen molar-refractivity contribution in [2.24, 2.45) is 0 Å². The second-order valence-electron chi connectivity index (χ2n) is 5.93. The van der Waals surface area contributed by atoms with Gasteiger partial charge >= 0.3 is 0 Å². The van der Waals surface area contributed by atoms with Gasteiger partial charge in [0.25, 0.3) is 0 Å². The minimum absolute atomic E-state index is 0.235. The number of para-hydroxylation sites is 1. The van der Waals surface area contributed by atoms with Gasteiger partial charge in [0.1, 0.15) is 24.3 Å². The fourth-order valence-corrected chi connectivity index (χ4v) is 2.31. The highest BCUT2D eigenvalue weighted by molar-refractivity contribution is 5.21. The number of hydrogen-bond acceptors (Lipinski definition) is 3. The second-order valence-corrected chi connectivity index (χ2v) is 5.93. The van der Waals surface area contributed by atoms with Crippen LogP contribution in [-0.2, 0) is 6.54 Å². The molecule has 0 amide bonds. The molecule has 0 aliphatic rings. The summed E-state index contributed by atoms with van der Waals surface area (Å²) in [6.45, 7) is 5.57. The molecule has 0 radical (unpaired) electrons. The Morgan fingerprint density at radius 2 is 1.70 bits per heavy atom. The van der Waals surface area contributed by atoms with Crippen LogP contribution in [0.15, 0.2) is 54.6 Å². The largest absolute Gasteiger partial charge is 0.491 e. The lowest BCUT2D eigenvalue weighted by atomic mass is 10.1. The highest BCUT2D eigenvalue weighted by Crippen LogP contribution is 2.12. The molecule has 0 aliphatic heterocycles. The Labute approximate surface area is 137 Å². The fraction of sp³-hybridized carbons (Fsp3) is 0.368. The van der Waals surface area contributed by atoms with Crippen LogP contribution in [0.4, 0.5) is 4.39 Å². The van der Waals surface area contributed by atoms with Gasteiger partial charge in [0, 0.05) is 19.1 Å². The third kappa shape index (κ3) is 6.00. The van der Waals surface area contributed by atoms with Crippen LogP contribution in [0.25, 0.3) is 0 Å². The van der Waals surface area contributed by atoms with E-state index in [0.29, 0.717) is 13.1 Å². The minimum atomic E-state index is -0.585. The topological polar surface area (TPSA) is 32.7 Å². The molecule has 0 heterocycles. The third-order valence-corrected chi connectivity index (χ3v) is 3.66. The van der Waals surface area contributed by atoms with Crippen molar-refractivity contribution in [1.82, 2.24) is 4.90 Å². The van der Waals surface area contributed by atoms with Gasteiger partial charge in [0.05, 0.1) is 0 Å². The molecule has 2 aromatic rings. The SMILES string of the molecule is CC(C)N(Cc1ccc(F)cc1)CC(O)COc1ccccc1. The molecule has 0 aliphatic carbocycles. The van der Waals surface area contributed by atoms with Gasteiger partial charge in [-0.2, -0.15) is 0 Å². The standard InChI is InChI=1S/C19H24FNO2/c1-15(2)21(12-16-8-10-17(20)11-9-16)13-18(22)14-23-19-6-4-3-5-7-19/h3-11,15,18,22H,12-14H2,1-2H3. The van der Waals surface area contributed by atoms with E-state index in [4.69, 9.17) is 4.74 Å². The van der Waals surface area contributed by atoms with Crippen LogP contribution in [0.5, 0.6) is 5.75 Å². The number of rotatable bonds is 8. The van der Waals surface area contributed by atoms with Crippen molar-refractivity contribution in [2.75, 3.05) is 13.2 Å². The molecule has 4 heteroatoms. The summed E-state index contributed by atoms with van der Waals surface area (Å²) < 4.78 is 18.6. The number of ether oxygens (including phenoxy) is 1. The first-order chi connectivity index (χ1) is 11.0. The normalized spacial score (nSPS) is 12.6. The Kier molecular flexibility index (Phi) is 6.56. The van der Waals surface area contributed by atoms with E-state index < -0.39 is 6.10 Å². The molecule has 23 heavy (non-hydrogen) atoms. The molecule has 124 valence electrons. The molecular formula is C19H24FNO2. The van der Waals surface area contributed by atoms with Crippen LogP contribution in [0.3, 0.4) is 0 Å². The molecule has 2 aromatic carbocycles. The maximum atomic E-state index is 13.0. The Morgan fingerprint density at radius 3 is 2.30 bits per heavy atom. The van der Waals surface area contributed by atoms with E-state index in [2.05, 4.69) is 18.7 Å². The lowest BCUT2D eigenvalue weighted by Crippen LogP contribution is -2.39. The van der Waals surface area contributed by atoms with Crippen LogP contribution in [0.2, 0.25) is 0 Å². The summed E-state index contributed by atoms with van der Waals surface area (Å²) >= 11 is 0. The van der Waals surface area contributed by atoms with Gasteiger partial charge in [-0.15, -0.1) is 0 Å². The first-order valence-corrected chi connectivity index (χ1v) is 7.89. The van der Waals surface area contributed by atoms with E-state index in [9.17, 15) is 9.50 Å². The smallest absolute Gasteiger partial charge is 0.123 e. The predicted octanol–water partition coefficient (Wildman–Crippen LogP) is 3.48. The summed E-state index contributed by atoms with van der Waals surface area (Å²) in [5.74, 6) is 0.516. The van der Waals surface area contributed by atoms with E-state index >= 15 is 0 Å². The summed E-state index contributed by atoms with van der Waals surface area (Å²) in [7, 11) is 0. The van der Waals surface area contributed by atoms with Crippen molar-refractivity contribution in [2.45, 2.75) is 32.5 Å². The summed E-state index contributed by atoms with van der Waals surface area (Å²) in [5, 5.41) is 10.2. The van der Waals surface area contributed by atoms with Crippen LogP contribution < -0.4 is 4.74 Å². The molecule has 0 saturated heterocycles. The third-order valence-electron chi connectivity index (χ3n) is 3.66. The molecule has 1 atom stereocenters. The number of halogens is 1. The molecule has 1 unspecified atom stereocenters. The molecule has 0 fully saturated rings. The molecule has 2 rings (SSSR count). The number of nitrogens with zero attached hydrogens (tertiary/aromatic N) is 1. The van der Waals surface area contributed by atoms with E-state index in [1.165, 1.54) is 12.1 Å². The predicted molar refractivity (Wildman–Crippen MR) is 89.9 cm³/mol. The van der Waals surface area contributed by atoms with E-state index in [1.54, 1.807) is 12.1 Å². The Balaban J connectivity index is 1.86. The molecule has 1 N–H and O–H groups in total. The quantitative estimate of drug-likeness (QED) is 0.809. The zero-order chi connectivity index (χ0) is 16.7. The number of aliphatic hydroxyl groups is 1. The van der Waals surface area contributed by atoms with Crippen molar-refractivity contribution >= 4 is 0 Å². The fourth-order valence-electron chi connectivity index (χ4n) is 2.31. The van der Waals surface area contributed by atoms with Crippen LogP contribution in [-0.4, -0.2) is 35.3 Å². The van der Waals surface area contributed by atoms with E-state index in [-0.39, 0.29) is 18.5 Å². The van der Waals surface area contributed by atoms with Crippen LogP contribution in [0, 0.1) is 5.82 Å². The molecule has 0 saturated carbocycles. The summed E-state index contributed by atoms with van der Waals surface area (Å²) in [6.07, 6.45) is -0.585. The van der Waals surface area contributed by atoms with Gasteiger partial charge in [-0.3, -0.25) is 4.90 Å². The number of hydrogen-bond donors (Lipinski definition) is 1. The average Bonchev–Trinajstić information content (AvgIpc) is 2.55. The lowest BCUT2D eigenvalue weighted by molar-refractivity contribution is 0.0543. The first-order valence-electron chi connectivity index (χ1n) is 7.89. The van der Waals surface area contributed by atoms with Crippen molar-refractivity contribution in [1.29, 1.82) is 0 Å². The number of benzene rings is 2. The van der Waals surface area contributed by atoms with Crippen LogP contribution >= 0.6 is 0 Å². The van der Waals surface area contributed by atoms with Gasteiger partial charge < -0.3 is 9.84 Å². The number of aliphatic hydroxyl groups excluding tert-OH is 1. The van der Waals surface area contributed by atoms with Gasteiger partial charge in [-0.05, 0) is 43.7 Å². The average molecular weight is 317 g/mol. The monoisotopic (exact) mass is 317 g/mol. The van der Waals surface area contributed by atoms with Crippen molar-refractivity contribution in [3.63, 3.8) is 0 Å². The Bertz CT molecular complexity index is 572. The van der Waals surface area contributed by atoms with Gasteiger partial charge in [0.15, 0.2) is 0 Å². The van der Waals surface area contributed by atoms with Gasteiger partial charge in [0.2, 0.25) is 0 Å². The minimum Gasteiger partial charge on any atom is -0.491 e. The van der Waals surface area contributed by atoms with Crippen molar-refractivity contribution in [3.8, 4) is 5.75 Å². The van der Waals surface area contributed by atoms with E-state index in [0.717, 1.165) is 11.3 Å². The van der Waals surface area contributed by atoms with Crippen LogP contribution in [0.1, 0.15) is 19.4 Å². The Hall–Kier alpha value is -1.91. The van der Waals surface area contributed by atoms with E-state index in [1.807, 2.05) is 30.3 Å². The molecule has 3 nitrogen and oxygen atoms in total. The highest BCUT2D eigenvalue weighted by Gasteiger charge is 2.16. The summed E-state index contributed by atoms with van der Waals surface area (Å²) in [6, 6.07) is 16.2. The Morgan fingerprint density at radius 1 is 1.04 bits per heavy atom. The van der Waals surface area contributed by atoms with Crippen molar-refractivity contribution < 1.29 is 14.2 Å². The molecule has 0 aromatic heterocycles. The summed E-state index contributed by atoms with van der Waals surface area (Å²) in [4.78, 5) is 2.15. The lowest BCUT2D eigenvalue weighted by Gasteiger charge is -2.28. The first kappa shape index (κ1) is 17.4. The molecule has 0 bridgehead atoms. The second kappa shape index (κ2) is 8.65. The maximum Gasteiger partial charge on any atom is 0.123 e. The van der Waals surface area contributed by atoms with Crippen molar-refractivity contribution in [3.05, 3.63) is 66.0 Å². The molecule has 0 spiro atoms. The van der Waals surface area contributed by atoms with Gasteiger partial charge in [-0.1, -0.05) is 30.3 Å². The zero-order valence-corrected chi connectivity index (χ0v) is 13.7. The van der Waals surface area contributed by atoms with Gasteiger partial charge in [-0.25, -0.2) is 4.39 Å². The summed E-state index contributed by atoms with van der Waals surface area (Å²) in [5.41, 5.74) is 1.02. The zero-order valence-electron chi connectivity index (χ0n) is 13.7. The maximum absolute atomic E-state index is 13.0.